The van der Waals surface area contributed by atoms with Crippen molar-refractivity contribution < 1.29 is 27.5 Å². The lowest BCUT2D eigenvalue weighted by molar-refractivity contribution is -0.274. The SMILES string of the molecule is Cc1cc(C)c(NC(=O)CNC(=O)CNc2ccccc2OC(F)(F)F)c(C)c1. The highest BCUT2D eigenvalue weighted by molar-refractivity contribution is 5.96. The van der Waals surface area contributed by atoms with Gasteiger partial charge in [0.25, 0.3) is 0 Å². The molecule has 3 N–H and O–H groups in total. The lowest BCUT2D eigenvalue weighted by Crippen LogP contribution is -2.36. The van der Waals surface area contributed by atoms with Crippen molar-refractivity contribution in [2.75, 3.05) is 23.7 Å². The number of carbonyl (C=O) groups is 2. The summed E-state index contributed by atoms with van der Waals surface area (Å²) in [6.45, 7) is 5.11. The number of nitrogens with one attached hydrogen (secondary N) is 3. The summed E-state index contributed by atoms with van der Waals surface area (Å²) in [6.07, 6.45) is -4.84. The van der Waals surface area contributed by atoms with E-state index < -0.39 is 23.9 Å². The molecule has 0 heterocycles. The molecule has 0 aliphatic carbocycles. The molecule has 156 valence electrons. The molecule has 0 aromatic heterocycles. The fourth-order valence-corrected chi connectivity index (χ4v) is 2.80. The quantitative estimate of drug-likeness (QED) is 0.652. The smallest absolute Gasteiger partial charge is 0.404 e. The molecule has 2 rings (SSSR count). The summed E-state index contributed by atoms with van der Waals surface area (Å²) in [5.41, 5.74) is 3.59. The van der Waals surface area contributed by atoms with Crippen molar-refractivity contribution in [1.82, 2.24) is 5.32 Å². The predicted octanol–water partition coefficient (Wildman–Crippen LogP) is 3.68. The number of para-hydroxylation sites is 2. The number of alkyl halides is 3. The van der Waals surface area contributed by atoms with Gasteiger partial charge in [-0.15, -0.1) is 13.2 Å². The minimum absolute atomic E-state index is 0.00957. The van der Waals surface area contributed by atoms with E-state index >= 15 is 0 Å². The second kappa shape index (κ2) is 9.31. The lowest BCUT2D eigenvalue weighted by atomic mass is 10.1. The average molecular weight is 409 g/mol. The Morgan fingerprint density at radius 2 is 1.59 bits per heavy atom. The van der Waals surface area contributed by atoms with Gasteiger partial charge in [0, 0.05) is 5.69 Å². The van der Waals surface area contributed by atoms with Crippen LogP contribution in [0.15, 0.2) is 36.4 Å². The number of amides is 2. The van der Waals surface area contributed by atoms with Gasteiger partial charge in [0.15, 0.2) is 5.75 Å². The number of ether oxygens (including phenoxy) is 1. The molecule has 0 unspecified atom stereocenters. The maximum Gasteiger partial charge on any atom is 0.573 e. The van der Waals surface area contributed by atoms with Crippen molar-refractivity contribution in [2.24, 2.45) is 0 Å². The highest BCUT2D eigenvalue weighted by Gasteiger charge is 2.32. The van der Waals surface area contributed by atoms with Gasteiger partial charge in [-0.25, -0.2) is 0 Å². The molecule has 0 aliphatic heterocycles. The van der Waals surface area contributed by atoms with E-state index in [1.807, 2.05) is 32.9 Å². The molecule has 0 aliphatic rings. The van der Waals surface area contributed by atoms with Gasteiger partial charge in [-0.2, -0.15) is 0 Å². The predicted molar refractivity (Wildman–Crippen MR) is 104 cm³/mol. The van der Waals surface area contributed by atoms with Crippen molar-refractivity contribution in [1.29, 1.82) is 0 Å². The van der Waals surface area contributed by atoms with Gasteiger partial charge in [0.05, 0.1) is 18.8 Å². The van der Waals surface area contributed by atoms with Gasteiger partial charge in [0.2, 0.25) is 11.8 Å². The minimum Gasteiger partial charge on any atom is -0.404 e. The lowest BCUT2D eigenvalue weighted by Gasteiger charge is -2.15. The number of hydrogen-bond acceptors (Lipinski definition) is 4. The first-order valence-electron chi connectivity index (χ1n) is 8.78. The highest BCUT2D eigenvalue weighted by Crippen LogP contribution is 2.29. The summed E-state index contributed by atoms with van der Waals surface area (Å²) in [7, 11) is 0. The van der Waals surface area contributed by atoms with E-state index in [9.17, 15) is 22.8 Å². The van der Waals surface area contributed by atoms with Crippen LogP contribution in [0.2, 0.25) is 0 Å². The van der Waals surface area contributed by atoms with Crippen LogP contribution >= 0.6 is 0 Å². The van der Waals surface area contributed by atoms with Crippen molar-refractivity contribution in [2.45, 2.75) is 27.1 Å². The second-order valence-corrected chi connectivity index (χ2v) is 6.50. The monoisotopic (exact) mass is 409 g/mol. The van der Waals surface area contributed by atoms with Gasteiger partial charge in [-0.1, -0.05) is 29.8 Å². The van der Waals surface area contributed by atoms with Gasteiger partial charge >= 0.3 is 6.36 Å². The number of anilines is 2. The number of halogens is 3. The molecule has 2 aromatic rings. The zero-order chi connectivity index (χ0) is 21.6. The van der Waals surface area contributed by atoms with E-state index in [0.29, 0.717) is 5.69 Å². The Labute approximate surface area is 166 Å². The Balaban J connectivity index is 1.86. The van der Waals surface area contributed by atoms with E-state index in [1.54, 1.807) is 0 Å². The average Bonchev–Trinajstić information content (AvgIpc) is 2.61. The number of hydrogen-bond donors (Lipinski definition) is 3. The van der Waals surface area contributed by atoms with E-state index in [2.05, 4.69) is 20.7 Å². The third-order valence-electron chi connectivity index (χ3n) is 3.94. The molecule has 0 radical (unpaired) electrons. The molecule has 0 bridgehead atoms. The first-order chi connectivity index (χ1) is 13.5. The molecule has 0 spiro atoms. The summed E-state index contributed by atoms with van der Waals surface area (Å²) < 4.78 is 41.1. The standard InChI is InChI=1S/C20H22F3N3O3/c1-12-8-13(2)19(14(3)9-12)26-18(28)11-25-17(27)10-24-15-6-4-5-7-16(15)29-20(21,22)23/h4-9,24H,10-11H2,1-3H3,(H,25,27)(H,26,28). The van der Waals surface area contributed by atoms with E-state index in [0.717, 1.165) is 22.8 Å². The van der Waals surface area contributed by atoms with Crippen LogP contribution in [0.25, 0.3) is 0 Å². The molecule has 2 amide bonds. The topological polar surface area (TPSA) is 79.5 Å². The summed E-state index contributed by atoms with van der Waals surface area (Å²) >= 11 is 0. The van der Waals surface area contributed by atoms with E-state index in [-0.39, 0.29) is 18.8 Å². The van der Waals surface area contributed by atoms with Crippen molar-refractivity contribution >= 4 is 23.2 Å². The zero-order valence-electron chi connectivity index (χ0n) is 16.2. The van der Waals surface area contributed by atoms with Crippen LogP contribution in [0.5, 0.6) is 5.75 Å². The fourth-order valence-electron chi connectivity index (χ4n) is 2.80. The summed E-state index contributed by atoms with van der Waals surface area (Å²) in [4.78, 5) is 24.0. The first-order valence-corrected chi connectivity index (χ1v) is 8.78. The van der Waals surface area contributed by atoms with Crippen molar-refractivity contribution in [3.8, 4) is 5.75 Å². The Hall–Kier alpha value is -3.23. The Kier molecular flexibility index (Phi) is 7.08. The number of benzene rings is 2. The largest absolute Gasteiger partial charge is 0.573 e. The first kappa shape index (κ1) is 22.1. The summed E-state index contributed by atoms with van der Waals surface area (Å²) in [6, 6.07) is 9.24. The van der Waals surface area contributed by atoms with Gasteiger partial charge in [0.1, 0.15) is 0 Å². The molecule has 29 heavy (non-hydrogen) atoms. The van der Waals surface area contributed by atoms with Crippen LogP contribution in [0.1, 0.15) is 16.7 Å². The van der Waals surface area contributed by atoms with Crippen LogP contribution in [-0.4, -0.2) is 31.3 Å². The van der Waals surface area contributed by atoms with Crippen LogP contribution in [-0.2, 0) is 9.59 Å². The van der Waals surface area contributed by atoms with Crippen molar-refractivity contribution in [3.05, 3.63) is 53.1 Å². The summed E-state index contributed by atoms with van der Waals surface area (Å²) in [5.74, 6) is -1.41. The van der Waals surface area contributed by atoms with Crippen molar-refractivity contribution in [3.63, 3.8) is 0 Å². The Morgan fingerprint density at radius 3 is 2.21 bits per heavy atom. The normalized spacial score (nSPS) is 11.0. The molecule has 0 saturated carbocycles. The third-order valence-corrected chi connectivity index (χ3v) is 3.94. The van der Waals surface area contributed by atoms with Crippen LogP contribution in [0.4, 0.5) is 24.5 Å². The van der Waals surface area contributed by atoms with E-state index in [1.165, 1.54) is 18.2 Å². The highest BCUT2D eigenvalue weighted by atomic mass is 19.4. The van der Waals surface area contributed by atoms with Gasteiger partial charge in [-0.3, -0.25) is 9.59 Å². The zero-order valence-corrected chi connectivity index (χ0v) is 16.2. The van der Waals surface area contributed by atoms with E-state index in [4.69, 9.17) is 0 Å². The number of carbonyl (C=O) groups excluding carboxylic acids is 2. The number of rotatable bonds is 7. The Bertz CT molecular complexity index is 875. The number of aryl methyl sites for hydroxylation is 3. The maximum atomic E-state index is 12.4. The van der Waals surface area contributed by atoms with Crippen LogP contribution < -0.4 is 20.7 Å². The minimum atomic E-state index is -4.84. The third kappa shape index (κ3) is 7.02. The Morgan fingerprint density at radius 1 is 0.966 bits per heavy atom. The maximum absolute atomic E-state index is 12.4. The second-order valence-electron chi connectivity index (χ2n) is 6.50. The molecular weight excluding hydrogens is 387 g/mol. The van der Waals surface area contributed by atoms with Crippen LogP contribution in [0, 0.1) is 20.8 Å². The summed E-state index contributed by atoms with van der Waals surface area (Å²) in [5, 5.41) is 7.73. The van der Waals surface area contributed by atoms with Gasteiger partial charge < -0.3 is 20.7 Å². The molecule has 0 atom stereocenters. The molecule has 0 saturated heterocycles. The molecule has 6 nitrogen and oxygen atoms in total. The van der Waals surface area contributed by atoms with Gasteiger partial charge in [-0.05, 0) is 44.0 Å². The molecule has 9 heteroatoms. The van der Waals surface area contributed by atoms with Crippen LogP contribution in [0.3, 0.4) is 0 Å². The molecular formula is C20H22F3N3O3. The molecule has 2 aromatic carbocycles. The fraction of sp³-hybridized carbons (Fsp3) is 0.300. The molecule has 0 fully saturated rings.